The smallest absolute Gasteiger partial charge is 0.337 e. The van der Waals surface area contributed by atoms with E-state index >= 15 is 0 Å². The fraction of sp³-hybridized carbons (Fsp3) is 0.500. The van der Waals surface area contributed by atoms with E-state index in [9.17, 15) is 14.4 Å². The van der Waals surface area contributed by atoms with Crippen LogP contribution in [-0.4, -0.2) is 52.3 Å². The van der Waals surface area contributed by atoms with Crippen LogP contribution in [0.1, 0.15) is 45.6 Å². The average molecular weight is 488 g/mol. The second-order valence-electron chi connectivity index (χ2n) is 8.95. The number of rotatable bonds is 7. The molecule has 1 aromatic carbocycles. The first-order valence-electron chi connectivity index (χ1n) is 11.4. The molecule has 1 aliphatic heterocycles. The molecule has 0 bridgehead atoms. The number of Topliss-reactive ketones (excluding diaryl/α,β-unsaturated/α-hetero) is 1. The molecule has 1 N–H and O–H groups in total. The summed E-state index contributed by atoms with van der Waals surface area (Å²) in [4.78, 5) is 39.7. The quantitative estimate of drug-likeness (QED) is 0.458. The summed E-state index contributed by atoms with van der Waals surface area (Å²) in [5.41, 5.74) is 2.41. The number of methoxy groups -OCH3 is 4. The van der Waals surface area contributed by atoms with Crippen molar-refractivity contribution in [3.05, 3.63) is 40.2 Å². The molecule has 3 atom stereocenters. The average Bonchev–Trinajstić information content (AvgIpc) is 2.81. The zero-order valence-corrected chi connectivity index (χ0v) is 21.4. The molecule has 0 radical (unpaired) electrons. The molecule has 0 fully saturated rings. The van der Waals surface area contributed by atoms with Crippen molar-refractivity contribution in [3.63, 3.8) is 0 Å². The van der Waals surface area contributed by atoms with Crippen molar-refractivity contribution in [2.24, 2.45) is 11.8 Å². The number of benzene rings is 1. The van der Waals surface area contributed by atoms with Gasteiger partial charge >= 0.3 is 11.9 Å². The number of carbonyl (C=O) groups is 3. The Kier molecular flexibility index (Phi) is 7.77. The number of ether oxygens (including phenoxy) is 5. The zero-order chi connectivity index (χ0) is 26.0. The van der Waals surface area contributed by atoms with Gasteiger partial charge in [0, 0.05) is 22.9 Å². The summed E-state index contributed by atoms with van der Waals surface area (Å²) in [6.07, 6.45) is 0.0645. The molecule has 1 aliphatic carbocycles. The van der Waals surface area contributed by atoms with Crippen LogP contribution in [0.15, 0.2) is 34.7 Å². The van der Waals surface area contributed by atoms with Gasteiger partial charge in [0.05, 0.1) is 40.1 Å². The highest BCUT2D eigenvalue weighted by atomic mass is 16.5. The largest absolute Gasteiger partial charge is 0.493 e. The van der Waals surface area contributed by atoms with Gasteiger partial charge in [0.25, 0.3) is 0 Å². The number of nitrogens with one attached hydrogen (secondary N) is 1. The maximum Gasteiger partial charge on any atom is 0.337 e. The number of carbonyl (C=O) groups excluding carboxylic acids is 3. The van der Waals surface area contributed by atoms with Crippen molar-refractivity contribution in [1.29, 1.82) is 0 Å². The molecule has 9 heteroatoms. The van der Waals surface area contributed by atoms with Gasteiger partial charge in [-0.3, -0.25) is 9.59 Å². The molecular weight excluding hydrogens is 454 g/mol. The zero-order valence-electron chi connectivity index (χ0n) is 21.4. The first-order valence-corrected chi connectivity index (χ1v) is 11.4. The third-order valence-corrected chi connectivity index (χ3v) is 6.33. The van der Waals surface area contributed by atoms with E-state index in [-0.39, 0.29) is 23.4 Å². The number of allylic oxidation sites excluding steroid dienone is 3. The predicted molar refractivity (Wildman–Crippen MR) is 127 cm³/mol. The van der Waals surface area contributed by atoms with E-state index in [2.05, 4.69) is 5.32 Å². The van der Waals surface area contributed by atoms with Gasteiger partial charge in [-0.1, -0.05) is 6.92 Å². The summed E-state index contributed by atoms with van der Waals surface area (Å²) in [7, 11) is 5.74. The summed E-state index contributed by atoms with van der Waals surface area (Å²) in [5.74, 6) is -2.51. The van der Waals surface area contributed by atoms with Gasteiger partial charge in [0.2, 0.25) is 5.75 Å². The van der Waals surface area contributed by atoms with E-state index in [4.69, 9.17) is 23.7 Å². The fourth-order valence-electron chi connectivity index (χ4n) is 4.83. The van der Waals surface area contributed by atoms with Crippen molar-refractivity contribution < 1.29 is 38.1 Å². The summed E-state index contributed by atoms with van der Waals surface area (Å²) < 4.78 is 27.0. The Hall–Kier alpha value is -3.49. The summed E-state index contributed by atoms with van der Waals surface area (Å²) in [6.45, 7) is 7.11. The molecule has 9 nitrogen and oxygen atoms in total. The highest BCUT2D eigenvalue weighted by Crippen LogP contribution is 2.49. The van der Waals surface area contributed by atoms with Crippen molar-refractivity contribution >= 4 is 17.7 Å². The van der Waals surface area contributed by atoms with Crippen LogP contribution >= 0.6 is 0 Å². The van der Waals surface area contributed by atoms with Crippen LogP contribution in [0.3, 0.4) is 0 Å². The number of hydrogen-bond donors (Lipinski definition) is 1. The first-order chi connectivity index (χ1) is 16.6. The Labute approximate surface area is 205 Å². The molecule has 0 amide bonds. The van der Waals surface area contributed by atoms with Crippen LogP contribution in [0.4, 0.5) is 0 Å². The number of dihydropyridines is 1. The van der Waals surface area contributed by atoms with E-state index < -0.39 is 23.8 Å². The minimum Gasteiger partial charge on any atom is -0.493 e. The summed E-state index contributed by atoms with van der Waals surface area (Å²) >= 11 is 0. The van der Waals surface area contributed by atoms with Gasteiger partial charge in [-0.25, -0.2) is 4.79 Å². The first kappa shape index (κ1) is 26.1. The lowest BCUT2D eigenvalue weighted by Gasteiger charge is -2.38. The molecule has 2 aliphatic rings. The molecule has 0 spiro atoms. The highest BCUT2D eigenvalue weighted by molar-refractivity contribution is 6.12. The molecule has 1 heterocycles. The lowest BCUT2D eigenvalue weighted by molar-refractivity contribution is -0.151. The van der Waals surface area contributed by atoms with Crippen molar-refractivity contribution in [2.45, 2.75) is 46.1 Å². The molecule has 0 aromatic heterocycles. The Morgan fingerprint density at radius 2 is 1.63 bits per heavy atom. The van der Waals surface area contributed by atoms with Crippen LogP contribution < -0.4 is 19.5 Å². The molecule has 1 aromatic rings. The van der Waals surface area contributed by atoms with Crippen molar-refractivity contribution in [3.8, 4) is 17.2 Å². The van der Waals surface area contributed by atoms with Crippen LogP contribution in [0.2, 0.25) is 0 Å². The summed E-state index contributed by atoms with van der Waals surface area (Å²) in [6, 6.07) is 3.41. The Morgan fingerprint density at radius 3 is 2.11 bits per heavy atom. The van der Waals surface area contributed by atoms with Gasteiger partial charge in [0.1, 0.15) is 5.92 Å². The van der Waals surface area contributed by atoms with Crippen molar-refractivity contribution in [1.82, 2.24) is 5.32 Å². The van der Waals surface area contributed by atoms with Gasteiger partial charge < -0.3 is 29.0 Å². The summed E-state index contributed by atoms with van der Waals surface area (Å²) in [5, 5.41) is 3.24. The SMILES string of the molecule is COC(=O)[C@H]1C(=O)C2=C(C[C@@H]1C)NC(C)=C(C(=O)OC(C)C)[C@@H]2c1cc(OC)c(OC)c(OC)c1. The highest BCUT2D eigenvalue weighted by Gasteiger charge is 2.47. The van der Waals surface area contributed by atoms with E-state index in [0.717, 1.165) is 0 Å². The lowest BCUT2D eigenvalue weighted by atomic mass is 9.69. The Morgan fingerprint density at radius 1 is 1.03 bits per heavy atom. The second-order valence-corrected chi connectivity index (χ2v) is 8.95. The molecule has 3 rings (SSSR count). The van der Waals surface area contributed by atoms with Gasteiger partial charge in [-0.2, -0.15) is 0 Å². The minimum atomic E-state index is -0.981. The monoisotopic (exact) mass is 487 g/mol. The van der Waals surface area contributed by atoms with Gasteiger partial charge in [-0.15, -0.1) is 0 Å². The Bertz CT molecular complexity index is 1080. The van der Waals surface area contributed by atoms with Crippen molar-refractivity contribution in [2.75, 3.05) is 28.4 Å². The molecule has 35 heavy (non-hydrogen) atoms. The number of ketones is 1. The van der Waals surface area contributed by atoms with E-state index in [1.807, 2.05) is 6.92 Å². The van der Waals surface area contributed by atoms with E-state index in [0.29, 0.717) is 46.2 Å². The van der Waals surface area contributed by atoms with Crippen LogP contribution in [0.5, 0.6) is 17.2 Å². The standard InChI is InChI=1S/C26H33NO8/c1-12(2)35-26(30)20-14(4)27-16-9-13(3)19(25(29)34-8)23(28)22(16)21(20)15-10-17(31-5)24(33-7)18(11-15)32-6/h10-13,19,21,27H,9H2,1-8H3/t13-,19+,21-/m0/s1. The van der Waals surface area contributed by atoms with Crippen LogP contribution in [0.25, 0.3) is 0 Å². The maximum absolute atomic E-state index is 13.8. The van der Waals surface area contributed by atoms with Gasteiger partial charge in [0.15, 0.2) is 17.3 Å². The third kappa shape index (κ3) is 4.72. The minimum absolute atomic E-state index is 0.276. The lowest BCUT2D eigenvalue weighted by Crippen LogP contribution is -2.43. The topological polar surface area (TPSA) is 109 Å². The molecular formula is C26H33NO8. The molecule has 0 saturated heterocycles. The van der Waals surface area contributed by atoms with Gasteiger partial charge in [-0.05, 0) is 50.8 Å². The second kappa shape index (κ2) is 10.4. The Balaban J connectivity index is 2.30. The normalized spacial score (nSPS) is 21.9. The maximum atomic E-state index is 13.8. The molecule has 190 valence electrons. The number of hydrogen-bond acceptors (Lipinski definition) is 9. The third-order valence-electron chi connectivity index (χ3n) is 6.33. The van der Waals surface area contributed by atoms with Crippen LogP contribution in [-0.2, 0) is 23.9 Å². The van der Waals surface area contributed by atoms with E-state index in [1.54, 1.807) is 32.9 Å². The van der Waals surface area contributed by atoms with Crippen LogP contribution in [0, 0.1) is 11.8 Å². The number of esters is 2. The van der Waals surface area contributed by atoms with E-state index in [1.165, 1.54) is 28.4 Å². The fourth-order valence-corrected chi connectivity index (χ4v) is 4.83. The molecule has 0 saturated carbocycles. The predicted octanol–water partition coefficient (Wildman–Crippen LogP) is 3.28. The molecule has 0 unspecified atom stereocenters.